The molecule has 3 aromatic rings. The van der Waals surface area contributed by atoms with Crippen molar-refractivity contribution in [1.29, 1.82) is 0 Å². The summed E-state index contributed by atoms with van der Waals surface area (Å²) in [6.07, 6.45) is 2.95. The van der Waals surface area contributed by atoms with E-state index >= 15 is 0 Å². The van der Waals surface area contributed by atoms with Gasteiger partial charge in [-0.05, 0) is 43.7 Å². The van der Waals surface area contributed by atoms with Crippen molar-refractivity contribution in [2.45, 2.75) is 13.8 Å². The van der Waals surface area contributed by atoms with Crippen LogP contribution in [0.25, 0.3) is 17.2 Å². The van der Waals surface area contributed by atoms with Gasteiger partial charge in [-0.15, -0.1) is 11.3 Å². The van der Waals surface area contributed by atoms with E-state index in [9.17, 15) is 19.7 Å². The fourth-order valence-corrected chi connectivity index (χ4v) is 4.45. The Morgan fingerprint density at radius 1 is 1.18 bits per heavy atom. The first-order chi connectivity index (χ1) is 16.3. The van der Waals surface area contributed by atoms with Gasteiger partial charge in [0, 0.05) is 39.2 Å². The van der Waals surface area contributed by atoms with Crippen LogP contribution in [0.3, 0.4) is 0 Å². The lowest BCUT2D eigenvalue weighted by Crippen LogP contribution is -2.12. The summed E-state index contributed by atoms with van der Waals surface area (Å²) in [6.45, 7) is 4.16. The van der Waals surface area contributed by atoms with Crippen LogP contribution in [0, 0.1) is 10.1 Å². The van der Waals surface area contributed by atoms with Crippen molar-refractivity contribution < 1.29 is 24.0 Å². The van der Waals surface area contributed by atoms with E-state index in [0.29, 0.717) is 29.0 Å². The highest BCUT2D eigenvalue weighted by Gasteiger charge is 2.23. The van der Waals surface area contributed by atoms with Crippen LogP contribution in [0.4, 0.5) is 10.7 Å². The van der Waals surface area contributed by atoms with Crippen molar-refractivity contribution in [3.05, 3.63) is 79.6 Å². The number of ether oxygens (including phenoxy) is 2. The van der Waals surface area contributed by atoms with Gasteiger partial charge in [0.15, 0.2) is 0 Å². The minimum absolute atomic E-state index is 0.105. The zero-order valence-corrected chi connectivity index (χ0v) is 20.8. The van der Waals surface area contributed by atoms with Crippen LogP contribution in [0.2, 0.25) is 0 Å². The molecule has 3 rings (SSSR count). The number of anilines is 1. The Hall–Kier alpha value is -3.50. The van der Waals surface area contributed by atoms with E-state index in [2.05, 4.69) is 21.2 Å². The number of thiophene rings is 1. The molecule has 0 radical (unpaired) electrons. The highest BCUT2D eigenvalue weighted by molar-refractivity contribution is 9.10. The lowest BCUT2D eigenvalue weighted by molar-refractivity contribution is -0.384. The molecular formula is C24H21BrN2O6S. The number of hydrogen-bond acceptors (Lipinski definition) is 7. The summed E-state index contributed by atoms with van der Waals surface area (Å²) < 4.78 is 11.6. The lowest BCUT2D eigenvalue weighted by Gasteiger charge is -2.09. The Morgan fingerprint density at radius 3 is 2.68 bits per heavy atom. The number of halogens is 1. The molecule has 0 aliphatic carbocycles. The first kappa shape index (κ1) is 25.1. The summed E-state index contributed by atoms with van der Waals surface area (Å²) in [7, 11) is 0. The summed E-state index contributed by atoms with van der Waals surface area (Å²) >= 11 is 4.54. The molecule has 10 heteroatoms. The monoisotopic (exact) mass is 544 g/mol. The molecule has 8 nitrogen and oxygen atoms in total. The Labute approximate surface area is 208 Å². The molecular weight excluding hydrogens is 524 g/mol. The fourth-order valence-electron chi connectivity index (χ4n) is 3.11. The second kappa shape index (κ2) is 11.6. The van der Waals surface area contributed by atoms with Crippen molar-refractivity contribution in [1.82, 2.24) is 0 Å². The number of nitrogens with zero attached hydrogens (tertiary/aromatic N) is 1. The van der Waals surface area contributed by atoms with Gasteiger partial charge >= 0.3 is 5.97 Å². The number of nitro groups is 1. The molecule has 2 aromatic carbocycles. The largest absolute Gasteiger partial charge is 0.493 e. The maximum absolute atomic E-state index is 12.7. The maximum atomic E-state index is 12.7. The molecule has 1 aromatic heterocycles. The minimum atomic E-state index is -0.629. The number of hydrogen-bond donors (Lipinski definition) is 1. The van der Waals surface area contributed by atoms with Gasteiger partial charge in [0.05, 0.1) is 18.1 Å². The number of nitro benzene ring substituents is 1. The van der Waals surface area contributed by atoms with Gasteiger partial charge in [-0.25, -0.2) is 4.79 Å². The Balaban J connectivity index is 1.92. The van der Waals surface area contributed by atoms with Gasteiger partial charge in [0.1, 0.15) is 16.3 Å². The zero-order chi connectivity index (χ0) is 24.7. The first-order valence-corrected chi connectivity index (χ1v) is 12.0. The third kappa shape index (κ3) is 6.09. The SMILES string of the molecule is CCOC(=O)c1c(-c2cccc([N+](=O)[O-])c2)csc1NC(=O)C=Cc1cc(Br)ccc1OCC. The number of rotatable bonds is 9. The minimum Gasteiger partial charge on any atom is -0.493 e. The third-order valence-electron chi connectivity index (χ3n) is 4.56. The molecule has 0 aliphatic heterocycles. The van der Waals surface area contributed by atoms with E-state index in [-0.39, 0.29) is 22.9 Å². The normalized spacial score (nSPS) is 10.8. The maximum Gasteiger partial charge on any atom is 0.341 e. The molecule has 1 amide bonds. The molecule has 1 N–H and O–H groups in total. The molecule has 176 valence electrons. The van der Waals surface area contributed by atoms with Crippen LogP contribution in [-0.2, 0) is 9.53 Å². The average molecular weight is 545 g/mol. The van der Waals surface area contributed by atoms with Gasteiger partial charge in [-0.1, -0.05) is 28.1 Å². The predicted molar refractivity (Wildman–Crippen MR) is 135 cm³/mol. The summed E-state index contributed by atoms with van der Waals surface area (Å²) in [5.74, 6) is -0.457. The zero-order valence-electron chi connectivity index (χ0n) is 18.4. The molecule has 1 heterocycles. The topological polar surface area (TPSA) is 108 Å². The summed E-state index contributed by atoms with van der Waals surface area (Å²) in [4.78, 5) is 36.1. The average Bonchev–Trinajstić information content (AvgIpc) is 3.23. The number of benzene rings is 2. The molecule has 0 spiro atoms. The second-order valence-electron chi connectivity index (χ2n) is 6.82. The van der Waals surface area contributed by atoms with Gasteiger partial charge in [0.25, 0.3) is 5.69 Å². The molecule has 0 saturated carbocycles. The Morgan fingerprint density at radius 2 is 1.97 bits per heavy atom. The predicted octanol–water partition coefficient (Wildman–Crippen LogP) is 6.31. The van der Waals surface area contributed by atoms with Crippen LogP contribution in [0.15, 0.2) is 58.4 Å². The number of amides is 1. The van der Waals surface area contributed by atoms with E-state index in [1.54, 1.807) is 30.5 Å². The Kier molecular flexibility index (Phi) is 8.55. The van der Waals surface area contributed by atoms with Crippen molar-refractivity contribution in [2.75, 3.05) is 18.5 Å². The quantitative estimate of drug-likeness (QED) is 0.146. The van der Waals surface area contributed by atoms with E-state index in [1.807, 2.05) is 19.1 Å². The number of carbonyl (C=O) groups is 2. The van der Waals surface area contributed by atoms with Crippen molar-refractivity contribution in [3.8, 4) is 16.9 Å². The van der Waals surface area contributed by atoms with Crippen LogP contribution in [-0.4, -0.2) is 30.0 Å². The number of nitrogens with one attached hydrogen (secondary N) is 1. The van der Waals surface area contributed by atoms with E-state index in [4.69, 9.17) is 9.47 Å². The standard InChI is InChI=1S/C24H21BrN2O6S/c1-3-32-20-10-9-17(25)12-16(20)8-11-21(28)26-23-22(24(29)33-4-2)19(14-34-23)15-6-5-7-18(13-15)27(30)31/h5-14H,3-4H2,1-2H3,(H,26,28). The summed E-state index contributed by atoms with van der Waals surface area (Å²) in [6, 6.07) is 11.4. The first-order valence-electron chi connectivity index (χ1n) is 10.3. The van der Waals surface area contributed by atoms with Crippen molar-refractivity contribution >= 4 is 55.9 Å². The molecule has 34 heavy (non-hydrogen) atoms. The summed E-state index contributed by atoms with van der Waals surface area (Å²) in [5.41, 5.74) is 1.66. The highest BCUT2D eigenvalue weighted by atomic mass is 79.9. The van der Waals surface area contributed by atoms with Crippen LogP contribution < -0.4 is 10.1 Å². The molecule has 0 saturated heterocycles. The molecule has 0 fully saturated rings. The van der Waals surface area contributed by atoms with Crippen molar-refractivity contribution in [2.24, 2.45) is 0 Å². The van der Waals surface area contributed by atoms with E-state index in [1.165, 1.54) is 24.3 Å². The second-order valence-corrected chi connectivity index (χ2v) is 8.61. The third-order valence-corrected chi connectivity index (χ3v) is 5.95. The molecule has 0 atom stereocenters. The van der Waals surface area contributed by atoms with Gasteiger partial charge in [0.2, 0.25) is 5.91 Å². The van der Waals surface area contributed by atoms with Gasteiger partial charge in [-0.3, -0.25) is 14.9 Å². The van der Waals surface area contributed by atoms with Crippen molar-refractivity contribution in [3.63, 3.8) is 0 Å². The van der Waals surface area contributed by atoms with Crippen LogP contribution in [0.1, 0.15) is 29.8 Å². The highest BCUT2D eigenvalue weighted by Crippen LogP contribution is 2.37. The number of non-ortho nitro benzene ring substituents is 1. The lowest BCUT2D eigenvalue weighted by atomic mass is 10.0. The van der Waals surface area contributed by atoms with Gasteiger partial charge < -0.3 is 14.8 Å². The fraction of sp³-hybridized carbons (Fsp3) is 0.167. The summed E-state index contributed by atoms with van der Waals surface area (Å²) in [5, 5.41) is 15.8. The number of carbonyl (C=O) groups excluding carboxylic acids is 2. The molecule has 0 bridgehead atoms. The van der Waals surface area contributed by atoms with Crippen LogP contribution in [0.5, 0.6) is 5.75 Å². The van der Waals surface area contributed by atoms with E-state index in [0.717, 1.165) is 15.8 Å². The van der Waals surface area contributed by atoms with E-state index < -0.39 is 16.8 Å². The molecule has 0 unspecified atom stereocenters. The molecule has 0 aliphatic rings. The smallest absolute Gasteiger partial charge is 0.341 e. The Bertz CT molecular complexity index is 1250. The van der Waals surface area contributed by atoms with Crippen LogP contribution >= 0.6 is 27.3 Å². The van der Waals surface area contributed by atoms with Gasteiger partial charge in [-0.2, -0.15) is 0 Å². The number of esters is 1.